The SMILES string of the molecule is Cc1cccc(OCc2c(C(=O)N3CCN(Cc4cccc(F)c4F)CC3)noc2C)c1C. The maximum Gasteiger partial charge on any atom is 0.276 e. The first-order valence-electron chi connectivity index (χ1n) is 10.9. The number of nitrogens with zero attached hydrogens (tertiary/aromatic N) is 3. The number of aryl methyl sites for hydroxylation is 2. The molecule has 33 heavy (non-hydrogen) atoms. The van der Waals surface area contributed by atoms with Gasteiger partial charge in [-0.25, -0.2) is 8.78 Å². The first-order chi connectivity index (χ1) is 15.8. The fourth-order valence-electron chi connectivity index (χ4n) is 3.93. The zero-order chi connectivity index (χ0) is 23.5. The number of benzene rings is 2. The molecule has 6 nitrogen and oxygen atoms in total. The molecule has 8 heteroatoms. The molecule has 2 heterocycles. The van der Waals surface area contributed by atoms with E-state index in [2.05, 4.69) is 5.16 Å². The van der Waals surface area contributed by atoms with E-state index < -0.39 is 11.6 Å². The van der Waals surface area contributed by atoms with Crippen LogP contribution in [0.5, 0.6) is 5.75 Å². The Morgan fingerprint density at radius 3 is 2.55 bits per heavy atom. The van der Waals surface area contributed by atoms with E-state index in [4.69, 9.17) is 9.26 Å². The summed E-state index contributed by atoms with van der Waals surface area (Å²) in [7, 11) is 0. The molecule has 0 N–H and O–H groups in total. The summed E-state index contributed by atoms with van der Waals surface area (Å²) in [6, 6.07) is 10.0. The highest BCUT2D eigenvalue weighted by molar-refractivity contribution is 5.93. The average Bonchev–Trinajstić information content (AvgIpc) is 3.18. The van der Waals surface area contributed by atoms with Crippen LogP contribution in [0.1, 0.15) is 38.5 Å². The van der Waals surface area contributed by atoms with Crippen molar-refractivity contribution in [1.82, 2.24) is 15.0 Å². The predicted molar refractivity (Wildman–Crippen MR) is 119 cm³/mol. The van der Waals surface area contributed by atoms with E-state index in [1.54, 1.807) is 17.9 Å². The second-order valence-electron chi connectivity index (χ2n) is 8.33. The van der Waals surface area contributed by atoms with Gasteiger partial charge in [-0.2, -0.15) is 0 Å². The molecule has 1 fully saturated rings. The van der Waals surface area contributed by atoms with E-state index in [-0.39, 0.29) is 18.2 Å². The lowest BCUT2D eigenvalue weighted by molar-refractivity contribution is 0.0614. The highest BCUT2D eigenvalue weighted by Crippen LogP contribution is 2.24. The molecule has 174 valence electrons. The number of ether oxygens (including phenoxy) is 1. The van der Waals surface area contributed by atoms with Crippen molar-refractivity contribution in [2.45, 2.75) is 33.9 Å². The molecule has 0 spiro atoms. The molecule has 0 saturated carbocycles. The smallest absolute Gasteiger partial charge is 0.276 e. The molecule has 3 aromatic rings. The highest BCUT2D eigenvalue weighted by atomic mass is 19.2. The van der Waals surface area contributed by atoms with Crippen LogP contribution in [0, 0.1) is 32.4 Å². The van der Waals surface area contributed by atoms with Crippen molar-refractivity contribution in [3.63, 3.8) is 0 Å². The van der Waals surface area contributed by atoms with Gasteiger partial charge in [0.15, 0.2) is 17.3 Å². The van der Waals surface area contributed by atoms with Crippen LogP contribution in [-0.2, 0) is 13.2 Å². The number of carbonyl (C=O) groups is 1. The summed E-state index contributed by atoms with van der Waals surface area (Å²) in [5, 5.41) is 4.00. The van der Waals surface area contributed by atoms with Gasteiger partial charge in [0, 0.05) is 38.3 Å². The highest BCUT2D eigenvalue weighted by Gasteiger charge is 2.28. The van der Waals surface area contributed by atoms with Crippen LogP contribution in [0.2, 0.25) is 0 Å². The molecule has 2 aromatic carbocycles. The summed E-state index contributed by atoms with van der Waals surface area (Å²) in [5.74, 6) is -0.583. The molecule has 1 aliphatic heterocycles. The van der Waals surface area contributed by atoms with E-state index in [1.807, 2.05) is 36.9 Å². The third kappa shape index (κ3) is 4.90. The number of halogens is 2. The minimum absolute atomic E-state index is 0.180. The van der Waals surface area contributed by atoms with Gasteiger partial charge in [-0.3, -0.25) is 9.69 Å². The molecular formula is C25H27F2N3O3. The zero-order valence-corrected chi connectivity index (χ0v) is 19.0. The summed E-state index contributed by atoms with van der Waals surface area (Å²) in [6.45, 7) is 8.26. The van der Waals surface area contributed by atoms with Crippen LogP contribution in [-0.4, -0.2) is 47.0 Å². The molecule has 0 aliphatic carbocycles. The fourth-order valence-corrected chi connectivity index (χ4v) is 3.93. The monoisotopic (exact) mass is 455 g/mol. The van der Waals surface area contributed by atoms with Gasteiger partial charge in [0.2, 0.25) is 0 Å². The summed E-state index contributed by atoms with van der Waals surface area (Å²) < 4.78 is 38.7. The number of aromatic nitrogens is 1. The fraction of sp³-hybridized carbons (Fsp3) is 0.360. The van der Waals surface area contributed by atoms with Crippen molar-refractivity contribution in [2.24, 2.45) is 0 Å². The molecule has 1 aliphatic rings. The van der Waals surface area contributed by atoms with Crippen LogP contribution < -0.4 is 4.74 Å². The molecule has 1 amide bonds. The van der Waals surface area contributed by atoms with Gasteiger partial charge in [-0.05, 0) is 44.0 Å². The normalized spacial score (nSPS) is 14.5. The first-order valence-corrected chi connectivity index (χ1v) is 10.9. The zero-order valence-electron chi connectivity index (χ0n) is 19.0. The Kier molecular flexibility index (Phi) is 6.74. The average molecular weight is 456 g/mol. The van der Waals surface area contributed by atoms with Crippen LogP contribution in [0.3, 0.4) is 0 Å². The number of hydrogen-bond acceptors (Lipinski definition) is 5. The maximum absolute atomic E-state index is 14.0. The molecule has 0 unspecified atom stereocenters. The number of amides is 1. The molecule has 1 aromatic heterocycles. The Morgan fingerprint density at radius 2 is 1.79 bits per heavy atom. The quantitative estimate of drug-likeness (QED) is 0.551. The Morgan fingerprint density at radius 1 is 1.06 bits per heavy atom. The van der Waals surface area contributed by atoms with E-state index in [9.17, 15) is 13.6 Å². The Labute approximate surface area is 191 Å². The second-order valence-corrected chi connectivity index (χ2v) is 8.33. The van der Waals surface area contributed by atoms with E-state index in [0.29, 0.717) is 49.6 Å². The van der Waals surface area contributed by atoms with Gasteiger partial charge in [0.1, 0.15) is 18.1 Å². The molecule has 0 bridgehead atoms. The second kappa shape index (κ2) is 9.70. The van der Waals surface area contributed by atoms with Crippen LogP contribution in [0.15, 0.2) is 40.9 Å². The van der Waals surface area contributed by atoms with E-state index in [0.717, 1.165) is 22.9 Å². The predicted octanol–water partition coefficient (Wildman–Crippen LogP) is 4.42. The van der Waals surface area contributed by atoms with Gasteiger partial charge in [0.05, 0.1) is 5.56 Å². The summed E-state index contributed by atoms with van der Waals surface area (Å²) in [5.41, 5.74) is 3.37. The number of piperazine rings is 1. The van der Waals surface area contributed by atoms with Gasteiger partial charge >= 0.3 is 0 Å². The van der Waals surface area contributed by atoms with Crippen molar-refractivity contribution < 1.29 is 22.8 Å². The van der Waals surface area contributed by atoms with Crippen molar-refractivity contribution in [3.05, 3.63) is 81.7 Å². The van der Waals surface area contributed by atoms with Crippen molar-refractivity contribution >= 4 is 5.91 Å². The largest absolute Gasteiger partial charge is 0.488 e. The number of carbonyl (C=O) groups excluding carboxylic acids is 1. The molecule has 4 rings (SSSR count). The van der Waals surface area contributed by atoms with Crippen molar-refractivity contribution in [2.75, 3.05) is 26.2 Å². The number of rotatable bonds is 6. The van der Waals surface area contributed by atoms with Crippen LogP contribution in [0.25, 0.3) is 0 Å². The first kappa shape index (κ1) is 22.9. The Hall–Kier alpha value is -3.26. The lowest BCUT2D eigenvalue weighted by Gasteiger charge is -2.34. The van der Waals surface area contributed by atoms with Crippen molar-refractivity contribution in [3.8, 4) is 5.75 Å². The van der Waals surface area contributed by atoms with Gasteiger partial charge in [0.25, 0.3) is 5.91 Å². The molecule has 1 saturated heterocycles. The minimum Gasteiger partial charge on any atom is -0.488 e. The summed E-state index contributed by atoms with van der Waals surface area (Å²) >= 11 is 0. The third-order valence-corrected chi connectivity index (χ3v) is 6.20. The van der Waals surface area contributed by atoms with E-state index >= 15 is 0 Å². The summed E-state index contributed by atoms with van der Waals surface area (Å²) in [6.07, 6.45) is 0. The molecular weight excluding hydrogens is 428 g/mol. The van der Waals surface area contributed by atoms with Gasteiger partial charge in [-0.1, -0.05) is 29.4 Å². The minimum atomic E-state index is -0.849. The Bertz CT molecular complexity index is 1150. The lowest BCUT2D eigenvalue weighted by Crippen LogP contribution is -2.48. The van der Waals surface area contributed by atoms with Crippen LogP contribution >= 0.6 is 0 Å². The molecule has 0 atom stereocenters. The maximum atomic E-state index is 14.0. The Balaban J connectivity index is 1.39. The standard InChI is InChI=1S/C25H27F2N3O3/c1-16-6-4-9-22(17(16)2)32-15-20-18(3)33-28-24(20)25(31)30-12-10-29(11-13-30)14-19-7-5-8-21(26)23(19)27/h4-9H,10-15H2,1-3H3. The van der Waals surface area contributed by atoms with Gasteiger partial charge in [-0.15, -0.1) is 0 Å². The lowest BCUT2D eigenvalue weighted by atomic mass is 10.1. The van der Waals surface area contributed by atoms with Crippen molar-refractivity contribution in [1.29, 1.82) is 0 Å². The number of hydrogen-bond donors (Lipinski definition) is 0. The van der Waals surface area contributed by atoms with Crippen LogP contribution in [0.4, 0.5) is 8.78 Å². The summed E-state index contributed by atoms with van der Waals surface area (Å²) in [4.78, 5) is 16.9. The van der Waals surface area contributed by atoms with E-state index in [1.165, 1.54) is 6.07 Å². The molecule has 0 radical (unpaired) electrons. The topological polar surface area (TPSA) is 58.8 Å². The van der Waals surface area contributed by atoms with Gasteiger partial charge < -0.3 is 14.2 Å². The third-order valence-electron chi connectivity index (χ3n) is 6.20.